The predicted octanol–water partition coefficient (Wildman–Crippen LogP) is 3.62. The van der Waals surface area contributed by atoms with E-state index in [4.69, 9.17) is 10.00 Å². The Morgan fingerprint density at radius 2 is 2.00 bits per heavy atom. The van der Waals surface area contributed by atoms with E-state index in [0.717, 1.165) is 30.1 Å². The predicted molar refractivity (Wildman–Crippen MR) is 68.6 cm³/mol. The molecule has 0 saturated carbocycles. The molecule has 0 aliphatic rings. The van der Waals surface area contributed by atoms with Crippen LogP contribution in [0.4, 0.5) is 0 Å². The van der Waals surface area contributed by atoms with Crippen molar-refractivity contribution in [2.75, 3.05) is 12.9 Å². The van der Waals surface area contributed by atoms with E-state index in [0.29, 0.717) is 6.42 Å². The molecule has 0 spiro atoms. The van der Waals surface area contributed by atoms with Crippen LogP contribution in [0.25, 0.3) is 0 Å². The molecule has 1 rings (SSSR count). The third-order valence-corrected chi connectivity index (χ3v) is 3.37. The monoisotopic (exact) mass is 235 g/mol. The third-order valence-electron chi connectivity index (χ3n) is 2.26. The van der Waals surface area contributed by atoms with Crippen LogP contribution in [0.1, 0.15) is 24.8 Å². The highest BCUT2D eigenvalue weighted by molar-refractivity contribution is 7.98. The fourth-order valence-corrected chi connectivity index (χ4v) is 2.30. The lowest BCUT2D eigenvalue weighted by molar-refractivity contribution is 0.414. The van der Waals surface area contributed by atoms with Crippen LogP contribution >= 0.6 is 11.8 Å². The van der Waals surface area contributed by atoms with Gasteiger partial charge in [0.25, 0.3) is 0 Å². The first kappa shape index (κ1) is 12.9. The van der Waals surface area contributed by atoms with Crippen LogP contribution in [0.3, 0.4) is 0 Å². The first-order valence-electron chi connectivity index (χ1n) is 5.44. The van der Waals surface area contributed by atoms with Crippen molar-refractivity contribution in [3.05, 3.63) is 29.8 Å². The molecule has 0 fully saturated rings. The highest BCUT2D eigenvalue weighted by atomic mass is 32.2. The molecule has 0 bridgehead atoms. The van der Waals surface area contributed by atoms with Crippen LogP contribution < -0.4 is 4.74 Å². The Morgan fingerprint density at radius 3 is 2.62 bits per heavy atom. The highest BCUT2D eigenvalue weighted by Crippen LogP contribution is 2.17. The van der Waals surface area contributed by atoms with Gasteiger partial charge in [-0.25, -0.2) is 0 Å². The number of rotatable bonds is 7. The van der Waals surface area contributed by atoms with Gasteiger partial charge in [-0.2, -0.15) is 17.0 Å². The molecule has 16 heavy (non-hydrogen) atoms. The molecule has 0 heterocycles. The molecule has 0 atom stereocenters. The molecule has 0 N–H and O–H groups in total. The minimum Gasteiger partial charge on any atom is -0.497 e. The summed E-state index contributed by atoms with van der Waals surface area (Å²) < 4.78 is 5.10. The zero-order valence-corrected chi connectivity index (χ0v) is 10.4. The van der Waals surface area contributed by atoms with Crippen LogP contribution in [0.5, 0.6) is 5.75 Å². The summed E-state index contributed by atoms with van der Waals surface area (Å²) in [6.07, 6.45) is 2.84. The summed E-state index contributed by atoms with van der Waals surface area (Å²) in [5, 5.41) is 8.38. The number of nitrogens with zero attached hydrogens (tertiary/aromatic N) is 1. The maximum Gasteiger partial charge on any atom is 0.118 e. The Kier molecular flexibility index (Phi) is 6.52. The Hall–Kier alpha value is -1.14. The van der Waals surface area contributed by atoms with E-state index in [9.17, 15) is 0 Å². The van der Waals surface area contributed by atoms with Crippen molar-refractivity contribution in [1.82, 2.24) is 0 Å². The fraction of sp³-hybridized carbons (Fsp3) is 0.462. The summed E-state index contributed by atoms with van der Waals surface area (Å²) in [7, 11) is 1.68. The van der Waals surface area contributed by atoms with Gasteiger partial charge >= 0.3 is 0 Å². The molecule has 0 radical (unpaired) electrons. The number of benzene rings is 1. The number of ether oxygens (including phenoxy) is 1. The molecule has 0 aliphatic heterocycles. The summed E-state index contributed by atoms with van der Waals surface area (Å²) >= 11 is 1.92. The van der Waals surface area contributed by atoms with Gasteiger partial charge in [0.1, 0.15) is 5.75 Å². The van der Waals surface area contributed by atoms with Gasteiger partial charge < -0.3 is 4.74 Å². The molecule has 1 aromatic carbocycles. The van der Waals surface area contributed by atoms with Crippen LogP contribution in [0.15, 0.2) is 24.3 Å². The molecule has 0 aliphatic carbocycles. The van der Waals surface area contributed by atoms with E-state index in [-0.39, 0.29) is 0 Å². The summed E-state index contributed by atoms with van der Waals surface area (Å²) in [5.74, 6) is 3.08. The summed E-state index contributed by atoms with van der Waals surface area (Å²) in [6.45, 7) is 0. The first-order valence-corrected chi connectivity index (χ1v) is 6.60. The molecular weight excluding hydrogens is 218 g/mol. The Morgan fingerprint density at radius 1 is 1.25 bits per heavy atom. The maximum absolute atomic E-state index is 8.38. The standard InChI is InChI=1S/C13H17NOS/c1-15-13-7-5-12(6-8-13)11-16-10-4-2-3-9-14/h5-8H,2-4,10-11H2,1H3. The molecule has 0 unspecified atom stereocenters. The van der Waals surface area contributed by atoms with E-state index in [2.05, 4.69) is 18.2 Å². The quantitative estimate of drug-likeness (QED) is 0.677. The van der Waals surface area contributed by atoms with Crippen molar-refractivity contribution in [1.29, 1.82) is 5.26 Å². The first-order chi connectivity index (χ1) is 7.86. The van der Waals surface area contributed by atoms with E-state index < -0.39 is 0 Å². The van der Waals surface area contributed by atoms with Gasteiger partial charge in [-0.05, 0) is 36.3 Å². The largest absolute Gasteiger partial charge is 0.497 e. The van der Waals surface area contributed by atoms with Gasteiger partial charge in [0, 0.05) is 12.2 Å². The average Bonchev–Trinajstić information content (AvgIpc) is 2.34. The molecular formula is C13H17NOS. The van der Waals surface area contributed by atoms with Crippen molar-refractivity contribution in [2.45, 2.75) is 25.0 Å². The van der Waals surface area contributed by atoms with Crippen molar-refractivity contribution in [2.24, 2.45) is 0 Å². The maximum atomic E-state index is 8.38. The van der Waals surface area contributed by atoms with Gasteiger partial charge in [0.05, 0.1) is 13.2 Å². The van der Waals surface area contributed by atoms with Crippen molar-refractivity contribution >= 4 is 11.8 Å². The van der Waals surface area contributed by atoms with Crippen LogP contribution in [0, 0.1) is 11.3 Å². The minimum absolute atomic E-state index is 0.684. The van der Waals surface area contributed by atoms with E-state index in [1.807, 2.05) is 23.9 Å². The van der Waals surface area contributed by atoms with Crippen molar-refractivity contribution in [3.63, 3.8) is 0 Å². The Bertz CT molecular complexity index is 329. The van der Waals surface area contributed by atoms with Gasteiger partial charge in [0.15, 0.2) is 0 Å². The average molecular weight is 235 g/mol. The molecule has 3 heteroatoms. The summed E-state index contributed by atoms with van der Waals surface area (Å²) in [4.78, 5) is 0. The molecule has 0 amide bonds. The molecule has 1 aromatic rings. The SMILES string of the molecule is COc1ccc(CSCCCCC#N)cc1. The zero-order valence-electron chi connectivity index (χ0n) is 9.61. The normalized spacial score (nSPS) is 9.75. The van der Waals surface area contributed by atoms with Gasteiger partial charge in [0.2, 0.25) is 0 Å². The fourth-order valence-electron chi connectivity index (χ4n) is 1.32. The lowest BCUT2D eigenvalue weighted by Crippen LogP contribution is -1.86. The second-order valence-corrected chi connectivity index (χ2v) is 4.62. The minimum atomic E-state index is 0.684. The second kappa shape index (κ2) is 8.06. The number of thioether (sulfide) groups is 1. The van der Waals surface area contributed by atoms with Gasteiger partial charge in [-0.3, -0.25) is 0 Å². The number of nitriles is 1. The number of methoxy groups -OCH3 is 1. The number of hydrogen-bond acceptors (Lipinski definition) is 3. The topological polar surface area (TPSA) is 33.0 Å². The van der Waals surface area contributed by atoms with E-state index >= 15 is 0 Å². The molecule has 2 nitrogen and oxygen atoms in total. The summed E-state index contributed by atoms with van der Waals surface area (Å²) in [6, 6.07) is 10.3. The van der Waals surface area contributed by atoms with Gasteiger partial charge in [-0.15, -0.1) is 0 Å². The zero-order chi connectivity index (χ0) is 11.6. The van der Waals surface area contributed by atoms with E-state index in [1.165, 1.54) is 5.56 Å². The Balaban J connectivity index is 2.15. The van der Waals surface area contributed by atoms with Crippen LogP contribution in [0.2, 0.25) is 0 Å². The number of hydrogen-bond donors (Lipinski definition) is 0. The van der Waals surface area contributed by atoms with Crippen molar-refractivity contribution < 1.29 is 4.74 Å². The number of unbranched alkanes of at least 4 members (excludes halogenated alkanes) is 2. The smallest absolute Gasteiger partial charge is 0.118 e. The van der Waals surface area contributed by atoms with Gasteiger partial charge in [-0.1, -0.05) is 12.1 Å². The molecule has 0 saturated heterocycles. The molecule has 86 valence electrons. The lowest BCUT2D eigenvalue weighted by Gasteiger charge is -2.03. The second-order valence-electron chi connectivity index (χ2n) is 3.52. The lowest BCUT2D eigenvalue weighted by atomic mass is 10.2. The van der Waals surface area contributed by atoms with Crippen LogP contribution in [-0.2, 0) is 5.75 Å². The third kappa shape index (κ3) is 5.09. The highest BCUT2D eigenvalue weighted by Gasteiger charge is 1.95. The van der Waals surface area contributed by atoms with Crippen LogP contribution in [-0.4, -0.2) is 12.9 Å². The molecule has 0 aromatic heterocycles. The Labute approximate surface area is 102 Å². The van der Waals surface area contributed by atoms with E-state index in [1.54, 1.807) is 7.11 Å². The summed E-state index contributed by atoms with van der Waals surface area (Å²) in [5.41, 5.74) is 1.33. The van der Waals surface area contributed by atoms with Crippen molar-refractivity contribution in [3.8, 4) is 11.8 Å².